The first-order chi connectivity index (χ1) is 15.8. The van der Waals surface area contributed by atoms with Crippen LogP contribution in [0.25, 0.3) is 16.6 Å². The number of carbonyl (C=O) groups is 1. The topological polar surface area (TPSA) is 85.8 Å². The van der Waals surface area contributed by atoms with Gasteiger partial charge in [0.1, 0.15) is 23.7 Å². The van der Waals surface area contributed by atoms with Gasteiger partial charge in [0.15, 0.2) is 0 Å². The summed E-state index contributed by atoms with van der Waals surface area (Å²) >= 11 is 0. The zero-order valence-corrected chi connectivity index (χ0v) is 17.2. The highest BCUT2D eigenvalue weighted by Gasteiger charge is 2.43. The van der Waals surface area contributed by atoms with E-state index in [2.05, 4.69) is 9.97 Å². The summed E-state index contributed by atoms with van der Waals surface area (Å²) in [7, 11) is 0. The summed E-state index contributed by atoms with van der Waals surface area (Å²) in [5.74, 6) is 0.314. The van der Waals surface area contributed by atoms with Crippen molar-refractivity contribution in [2.75, 3.05) is 12.3 Å². The van der Waals surface area contributed by atoms with Crippen LogP contribution in [-0.4, -0.2) is 37.8 Å². The molecule has 3 heterocycles. The predicted octanol–water partition coefficient (Wildman–Crippen LogP) is 4.22. The van der Waals surface area contributed by atoms with Gasteiger partial charge in [-0.15, -0.1) is 0 Å². The van der Waals surface area contributed by atoms with Crippen molar-refractivity contribution >= 4 is 28.3 Å². The summed E-state index contributed by atoms with van der Waals surface area (Å²) < 4.78 is 46.7. The van der Waals surface area contributed by atoms with E-state index in [1.54, 1.807) is 40.0 Å². The van der Waals surface area contributed by atoms with E-state index in [1.807, 2.05) is 0 Å². The first-order valence-electron chi connectivity index (χ1n) is 10.5. The van der Waals surface area contributed by atoms with Crippen LogP contribution < -0.4 is 10.5 Å². The number of nitrogens with two attached hydrogens (primary N) is 1. The van der Waals surface area contributed by atoms with Crippen LogP contribution in [-0.2, 0) is 6.18 Å². The predicted molar refractivity (Wildman–Crippen MR) is 114 cm³/mol. The van der Waals surface area contributed by atoms with Gasteiger partial charge < -0.3 is 15.4 Å². The molecular weight excluding hydrogens is 435 g/mol. The molecule has 4 aromatic rings. The number of alkyl halides is 3. The van der Waals surface area contributed by atoms with Crippen molar-refractivity contribution in [3.05, 3.63) is 65.6 Å². The van der Waals surface area contributed by atoms with Crippen molar-refractivity contribution in [3.63, 3.8) is 0 Å². The molecule has 10 heteroatoms. The molecule has 1 fully saturated rings. The van der Waals surface area contributed by atoms with E-state index in [0.29, 0.717) is 33.5 Å². The third-order valence-electron chi connectivity index (χ3n) is 6.23. The average Bonchev–Trinajstić information content (AvgIpc) is 3.32. The number of halogens is 3. The number of hydrogen-bond acceptors (Lipinski definition) is 5. The molecule has 0 saturated heterocycles. The number of nitrogens with zero attached hydrogens (tertiary/aromatic N) is 4. The van der Waals surface area contributed by atoms with E-state index < -0.39 is 17.8 Å². The molecule has 7 nitrogen and oxygen atoms in total. The molecule has 6 rings (SSSR count). The molecule has 2 aliphatic rings. The summed E-state index contributed by atoms with van der Waals surface area (Å²) in [6.07, 6.45) is 0.450. The lowest BCUT2D eigenvalue weighted by Gasteiger charge is -2.28. The van der Waals surface area contributed by atoms with Gasteiger partial charge in [0, 0.05) is 17.2 Å². The molecule has 0 spiro atoms. The molecule has 0 radical (unpaired) electrons. The average molecular weight is 453 g/mol. The fourth-order valence-electron chi connectivity index (χ4n) is 4.47. The van der Waals surface area contributed by atoms with Crippen LogP contribution >= 0.6 is 0 Å². The van der Waals surface area contributed by atoms with Gasteiger partial charge >= 0.3 is 6.18 Å². The lowest BCUT2D eigenvalue weighted by atomic mass is 10.0. The van der Waals surface area contributed by atoms with Gasteiger partial charge in [-0.25, -0.2) is 9.97 Å². The maximum atomic E-state index is 13.7. The van der Waals surface area contributed by atoms with Crippen molar-refractivity contribution in [3.8, 4) is 5.75 Å². The van der Waals surface area contributed by atoms with Gasteiger partial charge in [-0.05, 0) is 43.2 Å². The highest BCUT2D eigenvalue weighted by molar-refractivity contribution is 5.98. The zero-order chi connectivity index (χ0) is 22.9. The lowest BCUT2D eigenvalue weighted by molar-refractivity contribution is -0.137. The van der Waals surface area contributed by atoms with Crippen molar-refractivity contribution in [2.45, 2.75) is 31.1 Å². The molecule has 1 aliphatic heterocycles. The lowest BCUT2D eigenvalue weighted by Crippen LogP contribution is -2.37. The van der Waals surface area contributed by atoms with Gasteiger partial charge in [-0.1, -0.05) is 6.07 Å². The number of nitrogen functional groups attached to an aromatic ring is 1. The fourth-order valence-corrected chi connectivity index (χ4v) is 4.47. The maximum absolute atomic E-state index is 13.7. The molecule has 2 N–H and O–H groups in total. The number of amides is 1. The second-order valence-corrected chi connectivity index (χ2v) is 8.37. The molecule has 0 bridgehead atoms. The van der Waals surface area contributed by atoms with Crippen LogP contribution in [0.2, 0.25) is 0 Å². The maximum Gasteiger partial charge on any atom is 0.416 e. The van der Waals surface area contributed by atoms with Gasteiger partial charge in [0.2, 0.25) is 0 Å². The second-order valence-electron chi connectivity index (χ2n) is 8.37. The third-order valence-corrected chi connectivity index (χ3v) is 6.23. The van der Waals surface area contributed by atoms with Crippen LogP contribution in [0, 0.1) is 0 Å². The minimum atomic E-state index is -4.45. The highest BCUT2D eigenvalue weighted by atomic mass is 19.4. The monoisotopic (exact) mass is 453 g/mol. The smallest absolute Gasteiger partial charge is 0.416 e. The quantitative estimate of drug-likeness (QED) is 0.502. The summed E-state index contributed by atoms with van der Waals surface area (Å²) in [6, 6.07) is 8.21. The minimum absolute atomic E-state index is 0.0212. The summed E-state index contributed by atoms with van der Waals surface area (Å²) in [6.45, 7) is 0.121. The van der Waals surface area contributed by atoms with Gasteiger partial charge in [0.05, 0.1) is 35.2 Å². The van der Waals surface area contributed by atoms with E-state index in [4.69, 9.17) is 10.5 Å². The van der Waals surface area contributed by atoms with Gasteiger partial charge in [-0.2, -0.15) is 13.2 Å². The largest absolute Gasteiger partial charge is 0.491 e. The van der Waals surface area contributed by atoms with E-state index in [-0.39, 0.29) is 24.3 Å². The van der Waals surface area contributed by atoms with Crippen LogP contribution in [0.4, 0.5) is 19.0 Å². The third kappa shape index (κ3) is 3.16. The van der Waals surface area contributed by atoms with Crippen LogP contribution in [0.3, 0.4) is 0 Å². The fraction of sp³-hybridized carbons (Fsp3) is 0.261. The molecule has 168 valence electrons. The van der Waals surface area contributed by atoms with Gasteiger partial charge in [0.25, 0.3) is 5.91 Å². The summed E-state index contributed by atoms with van der Waals surface area (Å²) in [5, 5.41) is 0. The Kier molecular flexibility index (Phi) is 4.11. The van der Waals surface area contributed by atoms with E-state index in [1.165, 1.54) is 6.07 Å². The highest BCUT2D eigenvalue weighted by Crippen LogP contribution is 2.44. The molecular formula is C23H18F3N5O2. The Bertz CT molecular complexity index is 1430. The SMILES string of the molecule is Nc1nc2ccc(C(=O)N(C3CC3)[C@@H]3COc4cc(C(F)(F)F)ccc43)cc2n2cncc12. The van der Waals surface area contributed by atoms with Crippen molar-refractivity contribution in [1.82, 2.24) is 19.3 Å². The van der Waals surface area contributed by atoms with Crippen LogP contribution in [0.5, 0.6) is 5.75 Å². The first kappa shape index (κ1) is 19.8. The number of imidazole rings is 1. The van der Waals surface area contributed by atoms with Crippen molar-refractivity contribution < 1.29 is 22.7 Å². The molecule has 1 saturated carbocycles. The standard InChI is InChI=1S/C23H18F3N5O2/c24-23(25,26)13-2-5-15-19(10-33-20(15)8-13)31(14-3-4-14)22(32)12-1-6-16-17(7-12)30-11-28-9-18(30)21(27)29-16/h1-2,5-9,11,14,19H,3-4,10H2,(H2,27,29)/t19-/m1/s1. The van der Waals surface area contributed by atoms with E-state index >= 15 is 0 Å². The minimum Gasteiger partial charge on any atom is -0.491 e. The molecule has 33 heavy (non-hydrogen) atoms. The molecule has 1 aliphatic carbocycles. The Morgan fingerprint density at radius 1 is 1.15 bits per heavy atom. The Labute approximate surface area is 185 Å². The van der Waals surface area contributed by atoms with Crippen LogP contribution in [0.15, 0.2) is 48.9 Å². The van der Waals surface area contributed by atoms with E-state index in [0.717, 1.165) is 25.0 Å². The number of aromatic nitrogens is 3. The van der Waals surface area contributed by atoms with Crippen molar-refractivity contribution in [2.24, 2.45) is 0 Å². The normalized spacial score (nSPS) is 17.8. The number of benzene rings is 2. The zero-order valence-electron chi connectivity index (χ0n) is 17.2. The summed E-state index contributed by atoms with van der Waals surface area (Å²) in [5.41, 5.74) is 8.24. The Morgan fingerprint density at radius 2 is 1.97 bits per heavy atom. The van der Waals surface area contributed by atoms with Crippen molar-refractivity contribution in [1.29, 1.82) is 0 Å². The molecule has 2 aromatic heterocycles. The Balaban J connectivity index is 1.39. The number of anilines is 1. The molecule has 0 unspecified atom stereocenters. The second kappa shape index (κ2) is 6.84. The number of rotatable bonds is 3. The van der Waals surface area contributed by atoms with Gasteiger partial charge in [-0.3, -0.25) is 9.20 Å². The number of hydrogen-bond donors (Lipinski definition) is 1. The van der Waals surface area contributed by atoms with Crippen LogP contribution in [0.1, 0.15) is 40.4 Å². The Hall–Kier alpha value is -3.82. The number of ether oxygens (including phenoxy) is 1. The number of carbonyl (C=O) groups excluding carboxylic acids is 1. The molecule has 2 aromatic carbocycles. The Morgan fingerprint density at radius 3 is 2.73 bits per heavy atom. The molecule has 1 atom stereocenters. The first-order valence-corrected chi connectivity index (χ1v) is 10.5. The number of fused-ring (bicyclic) bond motifs is 4. The van der Waals surface area contributed by atoms with E-state index in [9.17, 15) is 18.0 Å². The summed E-state index contributed by atoms with van der Waals surface area (Å²) in [4.78, 5) is 23.9. The molecule has 1 amide bonds.